The second-order valence-electron chi connectivity index (χ2n) is 22.1. The molecule has 378 valence electrons. The van der Waals surface area contributed by atoms with Crippen LogP contribution in [-0.2, 0) is 0 Å². The van der Waals surface area contributed by atoms with Gasteiger partial charge in [-0.3, -0.25) is 0 Å². The Balaban J connectivity index is 0.817. The van der Waals surface area contributed by atoms with Crippen LogP contribution >= 0.6 is 0 Å². The summed E-state index contributed by atoms with van der Waals surface area (Å²) < 4.78 is 0. The van der Waals surface area contributed by atoms with E-state index in [1.807, 2.05) is 0 Å². The fraction of sp³-hybridized carbons (Fsp3) is 0.173. The zero-order valence-electron chi connectivity index (χ0n) is 45.1. The SMILES string of the molecule is C=CC1=C(/C=C(\C)N(c2ccc(-c3ccc(-c4ccc(-c5ccc(N(c6ccccc6)c6ccc(C7CCCCC7)cc6)cc5)cc4)cc3)cc2)c2cc3ccccc3cc2-c2ccccc2)C(C)(C)C2=C1C(C)CC=C2. The highest BCUT2D eigenvalue weighted by molar-refractivity contribution is 5.97. The van der Waals surface area contributed by atoms with Gasteiger partial charge in [0.2, 0.25) is 0 Å². The number of fused-ring (bicyclic) bond motifs is 1. The van der Waals surface area contributed by atoms with E-state index in [1.54, 1.807) is 0 Å². The van der Waals surface area contributed by atoms with Crippen LogP contribution in [0.2, 0.25) is 0 Å². The summed E-state index contributed by atoms with van der Waals surface area (Å²) >= 11 is 0. The van der Waals surface area contributed by atoms with Crippen molar-refractivity contribution in [2.24, 2.45) is 11.3 Å². The highest BCUT2D eigenvalue weighted by Crippen LogP contribution is 2.53. The molecule has 1 saturated carbocycles. The number of para-hydroxylation sites is 1. The Morgan fingerprint density at radius 2 is 0.987 bits per heavy atom. The van der Waals surface area contributed by atoms with Gasteiger partial charge in [-0.05, 0) is 182 Å². The number of nitrogens with zero attached hydrogens (tertiary/aromatic N) is 2. The lowest BCUT2D eigenvalue weighted by atomic mass is 9.77. The maximum absolute atomic E-state index is 4.39. The van der Waals surface area contributed by atoms with Gasteiger partial charge in [-0.2, -0.15) is 0 Å². The number of benzene rings is 9. The minimum atomic E-state index is -0.166. The van der Waals surface area contributed by atoms with Crippen molar-refractivity contribution in [1.82, 2.24) is 0 Å². The summed E-state index contributed by atoms with van der Waals surface area (Å²) in [5.41, 5.74) is 23.2. The third-order valence-corrected chi connectivity index (χ3v) is 16.8. The summed E-state index contributed by atoms with van der Waals surface area (Å²) in [6.45, 7) is 13.8. The normalized spacial score (nSPS) is 16.4. The molecule has 0 radical (unpaired) electrons. The van der Waals surface area contributed by atoms with E-state index in [1.165, 1.54) is 121 Å². The van der Waals surface area contributed by atoms with Crippen molar-refractivity contribution in [3.05, 3.63) is 283 Å². The van der Waals surface area contributed by atoms with Gasteiger partial charge in [-0.1, -0.05) is 223 Å². The second kappa shape index (κ2) is 21.3. The number of anilines is 5. The first-order valence-electron chi connectivity index (χ1n) is 27.9. The molecular formula is C75H68N2. The molecule has 0 bridgehead atoms. The molecule has 0 heterocycles. The van der Waals surface area contributed by atoms with E-state index in [0.29, 0.717) is 11.8 Å². The standard InChI is InChI=1S/C75H68N2/c1-6-69-72(75(4,5)71-28-18-19-52(2)74(69)71)49-53(3)76(73-51-64-25-17-16-24-63(64)50-70(73)62-22-12-8-13-23-62)66-43-37-60(38-44-66)57-33-29-55(30-34-57)56-31-35-58(36-32-56)61-41-47-68(48-42-61)77(65-26-14-9-15-27-65)67-45-39-59(40-46-67)54-20-10-7-11-21-54/h6,8-9,12-18,22-52,54H,1,7,10-11,19-21H2,2-5H3/b53-49+. The lowest BCUT2D eigenvalue weighted by Gasteiger charge is -2.31. The molecule has 0 spiro atoms. The van der Waals surface area contributed by atoms with Gasteiger partial charge >= 0.3 is 0 Å². The quantitative estimate of drug-likeness (QED) is 0.114. The van der Waals surface area contributed by atoms with Crippen molar-refractivity contribution in [3.63, 3.8) is 0 Å². The largest absolute Gasteiger partial charge is 0.314 e. The summed E-state index contributed by atoms with van der Waals surface area (Å²) in [5.74, 6) is 1.14. The minimum absolute atomic E-state index is 0.166. The highest BCUT2D eigenvalue weighted by Gasteiger charge is 2.39. The van der Waals surface area contributed by atoms with E-state index in [-0.39, 0.29) is 5.41 Å². The molecule has 9 aromatic carbocycles. The molecule has 1 unspecified atom stereocenters. The van der Waals surface area contributed by atoms with Crippen LogP contribution in [0.25, 0.3) is 55.3 Å². The monoisotopic (exact) mass is 997 g/mol. The fourth-order valence-corrected chi connectivity index (χ4v) is 12.7. The summed E-state index contributed by atoms with van der Waals surface area (Å²) in [7, 11) is 0. The first kappa shape index (κ1) is 49.4. The summed E-state index contributed by atoms with van der Waals surface area (Å²) in [6, 6.07) is 80.6. The number of hydrogen-bond donors (Lipinski definition) is 0. The van der Waals surface area contributed by atoms with Crippen LogP contribution in [0.3, 0.4) is 0 Å². The molecule has 0 aromatic heterocycles. The van der Waals surface area contributed by atoms with Gasteiger partial charge in [0.15, 0.2) is 0 Å². The Kier molecular flexibility index (Phi) is 13.7. The molecule has 1 atom stereocenters. The third-order valence-electron chi connectivity index (χ3n) is 16.8. The Hall–Kier alpha value is -8.46. The zero-order chi connectivity index (χ0) is 52.5. The van der Waals surface area contributed by atoms with Crippen LogP contribution < -0.4 is 9.80 Å². The molecular weight excluding hydrogens is 929 g/mol. The van der Waals surface area contributed by atoms with Crippen molar-refractivity contribution in [2.75, 3.05) is 9.80 Å². The van der Waals surface area contributed by atoms with Gasteiger partial charge < -0.3 is 9.80 Å². The van der Waals surface area contributed by atoms with E-state index >= 15 is 0 Å². The van der Waals surface area contributed by atoms with Gasteiger partial charge in [-0.25, -0.2) is 0 Å². The molecule has 12 rings (SSSR count). The molecule has 3 aliphatic rings. The smallest absolute Gasteiger partial charge is 0.0543 e. The van der Waals surface area contributed by atoms with Crippen molar-refractivity contribution in [1.29, 1.82) is 0 Å². The maximum atomic E-state index is 4.39. The van der Waals surface area contributed by atoms with Gasteiger partial charge in [0.25, 0.3) is 0 Å². The average Bonchev–Trinajstić information content (AvgIpc) is 3.74. The van der Waals surface area contributed by atoms with Crippen LogP contribution in [0, 0.1) is 11.3 Å². The average molecular weight is 997 g/mol. The van der Waals surface area contributed by atoms with Crippen molar-refractivity contribution < 1.29 is 0 Å². The zero-order valence-corrected chi connectivity index (χ0v) is 45.1. The molecule has 77 heavy (non-hydrogen) atoms. The van der Waals surface area contributed by atoms with E-state index in [4.69, 9.17) is 0 Å². The minimum Gasteiger partial charge on any atom is -0.314 e. The fourth-order valence-electron chi connectivity index (χ4n) is 12.7. The molecule has 1 fully saturated rings. The first-order chi connectivity index (χ1) is 37.7. The van der Waals surface area contributed by atoms with Gasteiger partial charge in [0.1, 0.15) is 0 Å². The Bertz CT molecular complexity index is 3700. The lowest BCUT2D eigenvalue weighted by molar-refractivity contribution is 0.443. The first-order valence-corrected chi connectivity index (χ1v) is 27.9. The molecule has 9 aromatic rings. The van der Waals surface area contributed by atoms with Gasteiger partial charge in [0.05, 0.1) is 5.69 Å². The second-order valence-corrected chi connectivity index (χ2v) is 22.1. The third kappa shape index (κ3) is 9.75. The predicted octanol–water partition coefficient (Wildman–Crippen LogP) is 21.5. The molecule has 2 nitrogen and oxygen atoms in total. The van der Waals surface area contributed by atoms with E-state index in [0.717, 1.165) is 34.9 Å². The number of allylic oxidation sites excluding steroid dienone is 9. The Labute approximate surface area is 457 Å². The van der Waals surface area contributed by atoms with Crippen LogP contribution in [-0.4, -0.2) is 0 Å². The van der Waals surface area contributed by atoms with Gasteiger partial charge in [0, 0.05) is 39.4 Å². The van der Waals surface area contributed by atoms with E-state index in [2.05, 4.69) is 287 Å². The van der Waals surface area contributed by atoms with E-state index < -0.39 is 0 Å². The maximum Gasteiger partial charge on any atom is 0.0543 e. The Morgan fingerprint density at radius 3 is 1.53 bits per heavy atom. The number of hydrogen-bond acceptors (Lipinski definition) is 2. The topological polar surface area (TPSA) is 6.48 Å². The van der Waals surface area contributed by atoms with E-state index in [9.17, 15) is 0 Å². The Morgan fingerprint density at radius 1 is 0.519 bits per heavy atom. The van der Waals surface area contributed by atoms with Crippen LogP contribution in [0.5, 0.6) is 0 Å². The summed E-state index contributed by atoms with van der Waals surface area (Å²) in [4.78, 5) is 4.84. The molecule has 0 aliphatic heterocycles. The van der Waals surface area contributed by atoms with Crippen LogP contribution in [0.15, 0.2) is 277 Å². The highest BCUT2D eigenvalue weighted by atomic mass is 15.2. The molecule has 2 heteroatoms. The van der Waals surface area contributed by atoms with Gasteiger partial charge in [-0.15, -0.1) is 0 Å². The summed E-state index contributed by atoms with van der Waals surface area (Å²) in [6.07, 6.45) is 17.0. The predicted molar refractivity (Wildman–Crippen MR) is 329 cm³/mol. The van der Waals surface area contributed by atoms with Crippen LogP contribution in [0.1, 0.15) is 77.7 Å². The van der Waals surface area contributed by atoms with Crippen LogP contribution in [0.4, 0.5) is 28.4 Å². The van der Waals surface area contributed by atoms with Crippen molar-refractivity contribution in [3.8, 4) is 44.5 Å². The molecule has 0 saturated heterocycles. The molecule has 0 amide bonds. The molecule has 3 aliphatic carbocycles. The summed E-state index contributed by atoms with van der Waals surface area (Å²) in [5, 5.41) is 2.43. The molecule has 0 N–H and O–H groups in total. The van der Waals surface area contributed by atoms with Crippen molar-refractivity contribution in [2.45, 2.75) is 72.1 Å². The number of rotatable bonds is 13. The lowest BCUT2D eigenvalue weighted by Crippen LogP contribution is -2.19. The van der Waals surface area contributed by atoms with Crippen molar-refractivity contribution >= 4 is 39.2 Å².